The molecule has 0 bridgehead atoms. The molecular formula is C21H40O4. The lowest BCUT2D eigenvalue weighted by atomic mass is 9.75. The van der Waals surface area contributed by atoms with Gasteiger partial charge in [-0.1, -0.05) is 73.6 Å². The smallest absolute Gasteiger partial charge is 0.312 e. The van der Waals surface area contributed by atoms with E-state index in [2.05, 4.69) is 13.8 Å². The summed E-state index contributed by atoms with van der Waals surface area (Å²) in [4.78, 5) is 25.3. The Bertz CT molecular complexity index is 376. The monoisotopic (exact) mass is 356 g/mol. The number of carbonyl (C=O) groups excluding carboxylic acids is 2. The first-order chi connectivity index (χ1) is 11.8. The third-order valence-electron chi connectivity index (χ3n) is 4.31. The second kappa shape index (κ2) is 13.2. The van der Waals surface area contributed by atoms with Crippen molar-refractivity contribution in [2.45, 2.75) is 92.9 Å². The van der Waals surface area contributed by atoms with Crippen LogP contribution in [0.25, 0.3) is 0 Å². The van der Waals surface area contributed by atoms with Gasteiger partial charge in [-0.2, -0.15) is 0 Å². The van der Waals surface area contributed by atoms with Crippen LogP contribution in [-0.4, -0.2) is 25.2 Å². The topological polar surface area (TPSA) is 52.6 Å². The summed E-state index contributed by atoms with van der Waals surface area (Å²) in [6.07, 6.45) is 6.54. The molecule has 0 saturated carbocycles. The highest BCUT2D eigenvalue weighted by Gasteiger charge is 2.41. The summed E-state index contributed by atoms with van der Waals surface area (Å²) in [6, 6.07) is 0. The molecule has 0 radical (unpaired) electrons. The van der Waals surface area contributed by atoms with E-state index in [4.69, 9.17) is 9.47 Å². The van der Waals surface area contributed by atoms with Crippen LogP contribution in [0.4, 0.5) is 0 Å². The molecule has 0 saturated heterocycles. The summed E-state index contributed by atoms with van der Waals surface area (Å²) in [5.41, 5.74) is -0.728. The third-order valence-corrected chi connectivity index (χ3v) is 4.31. The summed E-state index contributed by atoms with van der Waals surface area (Å²) in [5.74, 6) is 0.0911. The zero-order chi connectivity index (χ0) is 19.3. The Hall–Kier alpha value is -1.06. The Morgan fingerprint density at radius 1 is 0.800 bits per heavy atom. The second-order valence-corrected chi connectivity index (χ2v) is 8.09. The van der Waals surface area contributed by atoms with Crippen LogP contribution < -0.4 is 0 Å². The molecular weight excluding hydrogens is 316 g/mol. The van der Waals surface area contributed by atoms with Gasteiger partial charge in [0.15, 0.2) is 0 Å². The Balaban J connectivity index is 5.19. The summed E-state index contributed by atoms with van der Waals surface area (Å²) < 4.78 is 11.0. The lowest BCUT2D eigenvalue weighted by Crippen LogP contribution is -2.37. The molecule has 148 valence electrons. The van der Waals surface area contributed by atoms with Gasteiger partial charge < -0.3 is 9.47 Å². The van der Waals surface area contributed by atoms with E-state index in [-0.39, 0.29) is 24.3 Å². The maximum atomic E-state index is 12.9. The molecule has 1 atom stereocenters. The summed E-state index contributed by atoms with van der Waals surface area (Å²) in [7, 11) is 0. The first-order valence-electron chi connectivity index (χ1n) is 10.1. The highest BCUT2D eigenvalue weighted by molar-refractivity contribution is 5.83. The lowest BCUT2D eigenvalue weighted by Gasteiger charge is -2.31. The van der Waals surface area contributed by atoms with Crippen molar-refractivity contribution in [3.63, 3.8) is 0 Å². The Labute approximate surface area is 155 Å². The molecule has 0 heterocycles. The third kappa shape index (κ3) is 10.5. The van der Waals surface area contributed by atoms with Crippen LogP contribution in [0.3, 0.4) is 0 Å². The van der Waals surface area contributed by atoms with E-state index in [0.717, 1.165) is 32.1 Å². The van der Waals surface area contributed by atoms with Gasteiger partial charge >= 0.3 is 11.9 Å². The van der Waals surface area contributed by atoms with Gasteiger partial charge in [0.05, 0.1) is 25.0 Å². The highest BCUT2D eigenvalue weighted by atomic mass is 16.5. The van der Waals surface area contributed by atoms with Gasteiger partial charge in [0.1, 0.15) is 0 Å². The van der Waals surface area contributed by atoms with Crippen molar-refractivity contribution < 1.29 is 19.1 Å². The molecule has 25 heavy (non-hydrogen) atoms. The number of ether oxygens (including phenoxy) is 2. The maximum Gasteiger partial charge on any atom is 0.312 e. The molecule has 0 rings (SSSR count). The van der Waals surface area contributed by atoms with Crippen molar-refractivity contribution in [3.8, 4) is 0 Å². The zero-order valence-corrected chi connectivity index (χ0v) is 17.4. The normalized spacial score (nSPS) is 13.8. The standard InChI is InChI=1S/C21H40O4/c1-7-9-11-13-21(12-10-8-2,20(23)25-16-18(5)6)14-19(22)24-15-17(3)4/h17-18H,7-16H2,1-6H3. The van der Waals surface area contributed by atoms with Crippen molar-refractivity contribution in [1.82, 2.24) is 0 Å². The Morgan fingerprint density at radius 3 is 1.84 bits per heavy atom. The first kappa shape index (κ1) is 23.9. The molecule has 1 unspecified atom stereocenters. The van der Waals surface area contributed by atoms with Crippen LogP contribution in [0.15, 0.2) is 0 Å². The van der Waals surface area contributed by atoms with Gasteiger partial charge in [-0.15, -0.1) is 0 Å². The molecule has 0 aliphatic heterocycles. The van der Waals surface area contributed by atoms with Crippen molar-refractivity contribution in [2.24, 2.45) is 17.3 Å². The van der Waals surface area contributed by atoms with Gasteiger partial charge in [-0.05, 0) is 24.7 Å². The predicted octanol–water partition coefficient (Wildman–Crippen LogP) is 5.53. The molecule has 4 heteroatoms. The van der Waals surface area contributed by atoms with E-state index in [0.29, 0.717) is 32.0 Å². The fraction of sp³-hybridized carbons (Fsp3) is 0.905. The van der Waals surface area contributed by atoms with Crippen LogP contribution in [0.1, 0.15) is 92.9 Å². The highest BCUT2D eigenvalue weighted by Crippen LogP contribution is 2.37. The van der Waals surface area contributed by atoms with Crippen LogP contribution in [0.2, 0.25) is 0 Å². The number of unbranched alkanes of at least 4 members (excludes halogenated alkanes) is 3. The quantitative estimate of drug-likeness (QED) is 0.303. The van der Waals surface area contributed by atoms with E-state index in [9.17, 15) is 9.59 Å². The van der Waals surface area contributed by atoms with Crippen LogP contribution in [0, 0.1) is 17.3 Å². The van der Waals surface area contributed by atoms with Crippen molar-refractivity contribution >= 4 is 11.9 Å². The Morgan fingerprint density at radius 2 is 1.32 bits per heavy atom. The van der Waals surface area contributed by atoms with Crippen molar-refractivity contribution in [2.75, 3.05) is 13.2 Å². The second-order valence-electron chi connectivity index (χ2n) is 8.09. The van der Waals surface area contributed by atoms with Gasteiger partial charge in [0.25, 0.3) is 0 Å². The maximum absolute atomic E-state index is 12.9. The molecule has 4 nitrogen and oxygen atoms in total. The van der Waals surface area contributed by atoms with Gasteiger partial charge in [-0.3, -0.25) is 9.59 Å². The molecule has 0 fully saturated rings. The molecule has 0 amide bonds. The van der Waals surface area contributed by atoms with Gasteiger partial charge in [-0.25, -0.2) is 0 Å². The average Bonchev–Trinajstić information content (AvgIpc) is 2.55. The van der Waals surface area contributed by atoms with Crippen LogP contribution >= 0.6 is 0 Å². The van der Waals surface area contributed by atoms with E-state index in [1.165, 1.54) is 0 Å². The molecule has 0 aromatic heterocycles. The Kier molecular flexibility index (Phi) is 12.6. The minimum atomic E-state index is -0.728. The number of rotatable bonds is 14. The molecule has 0 aromatic rings. The van der Waals surface area contributed by atoms with Crippen LogP contribution in [0.5, 0.6) is 0 Å². The fourth-order valence-corrected chi connectivity index (χ4v) is 2.79. The summed E-state index contributed by atoms with van der Waals surface area (Å²) in [5, 5.41) is 0. The van der Waals surface area contributed by atoms with E-state index >= 15 is 0 Å². The van der Waals surface area contributed by atoms with Crippen molar-refractivity contribution in [3.05, 3.63) is 0 Å². The largest absolute Gasteiger partial charge is 0.465 e. The SMILES string of the molecule is CCCCCC(CCCC)(CC(=O)OCC(C)C)C(=O)OCC(C)C. The molecule has 0 spiro atoms. The number of hydrogen-bond acceptors (Lipinski definition) is 4. The minimum Gasteiger partial charge on any atom is -0.465 e. The number of carbonyl (C=O) groups is 2. The number of hydrogen-bond donors (Lipinski definition) is 0. The minimum absolute atomic E-state index is 0.139. The molecule has 0 N–H and O–H groups in total. The lowest BCUT2D eigenvalue weighted by molar-refractivity contribution is -0.165. The number of esters is 2. The van der Waals surface area contributed by atoms with Crippen molar-refractivity contribution in [1.29, 1.82) is 0 Å². The summed E-state index contributed by atoms with van der Waals surface area (Å²) in [6.45, 7) is 13.1. The molecule has 0 aromatic carbocycles. The predicted molar refractivity (Wildman–Crippen MR) is 102 cm³/mol. The molecule has 0 aliphatic carbocycles. The zero-order valence-electron chi connectivity index (χ0n) is 17.4. The average molecular weight is 357 g/mol. The fourth-order valence-electron chi connectivity index (χ4n) is 2.79. The van der Waals surface area contributed by atoms with Crippen LogP contribution in [-0.2, 0) is 19.1 Å². The van der Waals surface area contributed by atoms with Gasteiger partial charge in [0.2, 0.25) is 0 Å². The van der Waals surface area contributed by atoms with Gasteiger partial charge in [0, 0.05) is 0 Å². The van der Waals surface area contributed by atoms with E-state index in [1.54, 1.807) is 0 Å². The first-order valence-corrected chi connectivity index (χ1v) is 10.1. The van der Waals surface area contributed by atoms with E-state index in [1.807, 2.05) is 27.7 Å². The van der Waals surface area contributed by atoms with E-state index < -0.39 is 5.41 Å². The molecule has 0 aliphatic rings. The summed E-state index contributed by atoms with van der Waals surface area (Å²) >= 11 is 0.